The van der Waals surface area contributed by atoms with Crippen molar-refractivity contribution in [3.05, 3.63) is 22.2 Å². The van der Waals surface area contributed by atoms with Crippen LogP contribution in [0.3, 0.4) is 0 Å². The molecule has 0 aliphatic heterocycles. The van der Waals surface area contributed by atoms with Crippen molar-refractivity contribution in [2.75, 3.05) is 6.61 Å². The van der Waals surface area contributed by atoms with Crippen LogP contribution in [0.2, 0.25) is 0 Å². The highest BCUT2D eigenvalue weighted by Crippen LogP contribution is 2.15. The van der Waals surface area contributed by atoms with E-state index in [1.165, 1.54) is 6.92 Å². The van der Waals surface area contributed by atoms with E-state index < -0.39 is 18.3 Å². The quantitative estimate of drug-likeness (QED) is 0.789. The van der Waals surface area contributed by atoms with E-state index in [0.717, 1.165) is 6.07 Å². The van der Waals surface area contributed by atoms with Crippen LogP contribution in [0.25, 0.3) is 0 Å². The van der Waals surface area contributed by atoms with E-state index in [1.807, 2.05) is 0 Å². The lowest BCUT2D eigenvalue weighted by Gasteiger charge is -2.07. The van der Waals surface area contributed by atoms with Crippen molar-refractivity contribution in [1.29, 1.82) is 0 Å². The average Bonchev–Trinajstić information content (AvgIpc) is 1.97. The van der Waals surface area contributed by atoms with Gasteiger partial charge in [-0.1, -0.05) is 0 Å². The lowest BCUT2D eigenvalue weighted by atomic mass is 10.5. The summed E-state index contributed by atoms with van der Waals surface area (Å²) >= 11 is 0. The normalized spacial score (nSPS) is 11.4. The summed E-state index contributed by atoms with van der Waals surface area (Å²) in [4.78, 5) is 16.6. The largest absolute Gasteiger partial charge is 0.468 e. The van der Waals surface area contributed by atoms with Gasteiger partial charge in [0.1, 0.15) is 5.82 Å². The van der Waals surface area contributed by atoms with Crippen LogP contribution in [0.15, 0.2) is 10.9 Å². The average molecular weight is 208 g/mol. The second-order valence-electron chi connectivity index (χ2n) is 2.57. The van der Waals surface area contributed by atoms with E-state index in [1.54, 1.807) is 0 Å². The lowest BCUT2D eigenvalue weighted by Crippen LogP contribution is -2.21. The maximum absolute atomic E-state index is 11.7. The molecule has 0 aliphatic rings. The molecule has 0 saturated carbocycles. The molecule has 0 atom stereocenters. The molecule has 1 N–H and O–H groups in total. The second kappa shape index (κ2) is 3.69. The molecule has 0 unspecified atom stereocenters. The Morgan fingerprint density at radius 2 is 2.21 bits per heavy atom. The molecule has 7 heteroatoms. The summed E-state index contributed by atoms with van der Waals surface area (Å²) in [5.74, 6) is -0.127. The minimum atomic E-state index is -4.43. The first kappa shape index (κ1) is 10.6. The summed E-state index contributed by atoms with van der Waals surface area (Å²) in [5, 5.41) is 0. The van der Waals surface area contributed by atoms with Crippen LogP contribution < -0.4 is 10.3 Å². The third-order valence-electron chi connectivity index (χ3n) is 1.22. The Morgan fingerprint density at radius 1 is 1.57 bits per heavy atom. The molecule has 0 aliphatic carbocycles. The number of aromatic nitrogens is 2. The summed E-state index contributed by atoms with van der Waals surface area (Å²) in [6.45, 7) is -0.00918. The van der Waals surface area contributed by atoms with Gasteiger partial charge >= 0.3 is 6.18 Å². The number of nitrogens with zero attached hydrogens (tertiary/aromatic N) is 1. The zero-order valence-electron chi connectivity index (χ0n) is 7.18. The monoisotopic (exact) mass is 208 g/mol. The van der Waals surface area contributed by atoms with Gasteiger partial charge in [0.25, 0.3) is 5.56 Å². The fourth-order valence-corrected chi connectivity index (χ4v) is 0.782. The van der Waals surface area contributed by atoms with E-state index in [0.29, 0.717) is 0 Å². The van der Waals surface area contributed by atoms with Gasteiger partial charge in [-0.2, -0.15) is 13.2 Å². The number of hydrogen-bond donors (Lipinski definition) is 1. The van der Waals surface area contributed by atoms with Gasteiger partial charge in [-0.15, -0.1) is 0 Å². The number of nitrogens with one attached hydrogen (secondary N) is 1. The molecule has 1 aromatic heterocycles. The topological polar surface area (TPSA) is 55.0 Å². The van der Waals surface area contributed by atoms with Crippen LogP contribution in [0.1, 0.15) is 5.82 Å². The van der Waals surface area contributed by atoms with Crippen LogP contribution in [0, 0.1) is 6.92 Å². The molecule has 0 fully saturated rings. The Kier molecular flexibility index (Phi) is 2.78. The summed E-state index contributed by atoms with van der Waals surface area (Å²) in [7, 11) is 0. The zero-order chi connectivity index (χ0) is 10.8. The van der Waals surface area contributed by atoms with E-state index in [2.05, 4.69) is 14.7 Å². The molecule has 0 aromatic carbocycles. The van der Waals surface area contributed by atoms with Crippen LogP contribution in [-0.4, -0.2) is 22.8 Å². The Bertz CT molecular complexity index is 372. The molecule has 0 amide bonds. The van der Waals surface area contributed by atoms with Crippen molar-refractivity contribution in [2.24, 2.45) is 0 Å². The van der Waals surface area contributed by atoms with Gasteiger partial charge in [0, 0.05) is 0 Å². The van der Waals surface area contributed by atoms with Gasteiger partial charge in [0.2, 0.25) is 5.88 Å². The number of hydrogen-bond acceptors (Lipinski definition) is 3. The lowest BCUT2D eigenvalue weighted by molar-refractivity contribution is -0.154. The van der Waals surface area contributed by atoms with Crippen LogP contribution >= 0.6 is 0 Å². The van der Waals surface area contributed by atoms with E-state index in [-0.39, 0.29) is 11.7 Å². The van der Waals surface area contributed by atoms with Crippen molar-refractivity contribution < 1.29 is 17.9 Å². The molecular formula is C7H7F3N2O2. The molecule has 0 saturated heterocycles. The minimum Gasteiger partial charge on any atom is -0.468 e. The van der Waals surface area contributed by atoms with E-state index >= 15 is 0 Å². The third kappa shape index (κ3) is 3.46. The maximum Gasteiger partial charge on any atom is 0.422 e. The number of aromatic amines is 1. The van der Waals surface area contributed by atoms with Crippen LogP contribution in [0.4, 0.5) is 13.2 Å². The van der Waals surface area contributed by atoms with E-state index in [4.69, 9.17) is 0 Å². The Hall–Kier alpha value is -1.53. The first-order valence-corrected chi connectivity index (χ1v) is 3.64. The van der Waals surface area contributed by atoms with Crippen LogP contribution in [-0.2, 0) is 0 Å². The number of halogens is 3. The number of aryl methyl sites for hydroxylation is 1. The highest BCUT2D eigenvalue weighted by atomic mass is 19.4. The van der Waals surface area contributed by atoms with Crippen molar-refractivity contribution in [3.8, 4) is 5.88 Å². The predicted molar refractivity (Wildman–Crippen MR) is 41.1 cm³/mol. The molecule has 4 nitrogen and oxygen atoms in total. The number of alkyl halides is 3. The first-order chi connectivity index (χ1) is 6.37. The highest BCUT2D eigenvalue weighted by molar-refractivity contribution is 5.08. The number of H-pyrrole nitrogens is 1. The van der Waals surface area contributed by atoms with Gasteiger partial charge in [-0.05, 0) is 6.92 Å². The number of rotatable bonds is 2. The Labute approximate surface area is 76.7 Å². The smallest absolute Gasteiger partial charge is 0.422 e. The van der Waals surface area contributed by atoms with Gasteiger partial charge < -0.3 is 9.72 Å². The molecule has 78 valence electrons. The van der Waals surface area contributed by atoms with Gasteiger partial charge in [-0.3, -0.25) is 4.79 Å². The fraction of sp³-hybridized carbons (Fsp3) is 0.429. The van der Waals surface area contributed by atoms with Crippen molar-refractivity contribution in [3.63, 3.8) is 0 Å². The molecular weight excluding hydrogens is 201 g/mol. The van der Waals surface area contributed by atoms with Gasteiger partial charge in [-0.25, -0.2) is 4.98 Å². The Balaban J connectivity index is 2.73. The first-order valence-electron chi connectivity index (χ1n) is 3.64. The molecule has 1 heterocycles. The van der Waals surface area contributed by atoms with Gasteiger partial charge in [0.15, 0.2) is 6.61 Å². The second-order valence-corrected chi connectivity index (χ2v) is 2.57. The fourth-order valence-electron chi connectivity index (χ4n) is 0.782. The summed E-state index contributed by atoms with van der Waals surface area (Å²) < 4.78 is 39.4. The molecule has 0 bridgehead atoms. The molecule has 14 heavy (non-hydrogen) atoms. The standard InChI is InChI=1S/C7H7F3N2O2/c1-4-11-5(13)2-6(12-4)14-3-7(8,9)10/h2H,3H2,1H3,(H,11,12,13). The SMILES string of the molecule is Cc1nc(OCC(F)(F)F)cc(=O)[nH]1. The third-order valence-corrected chi connectivity index (χ3v) is 1.22. The zero-order valence-corrected chi connectivity index (χ0v) is 7.18. The predicted octanol–water partition coefficient (Wildman–Crippen LogP) is 1.02. The molecule has 0 spiro atoms. The highest BCUT2D eigenvalue weighted by Gasteiger charge is 2.28. The van der Waals surface area contributed by atoms with Crippen molar-refractivity contribution in [2.45, 2.75) is 13.1 Å². The number of ether oxygens (including phenoxy) is 1. The summed E-state index contributed by atoms with van der Waals surface area (Å²) in [6.07, 6.45) is -4.43. The molecule has 1 rings (SSSR count). The Morgan fingerprint density at radius 3 is 2.71 bits per heavy atom. The maximum atomic E-state index is 11.7. The van der Waals surface area contributed by atoms with Gasteiger partial charge in [0.05, 0.1) is 6.07 Å². The molecule has 0 radical (unpaired) electrons. The molecule has 1 aromatic rings. The van der Waals surface area contributed by atoms with Crippen molar-refractivity contribution >= 4 is 0 Å². The van der Waals surface area contributed by atoms with E-state index in [9.17, 15) is 18.0 Å². The summed E-state index contributed by atoms with van der Waals surface area (Å²) in [6, 6.07) is 0.860. The van der Waals surface area contributed by atoms with Crippen molar-refractivity contribution in [1.82, 2.24) is 9.97 Å². The summed E-state index contributed by atoms with van der Waals surface area (Å²) in [5.41, 5.74) is -0.547. The minimum absolute atomic E-state index is 0.203. The van der Waals surface area contributed by atoms with Crippen LogP contribution in [0.5, 0.6) is 5.88 Å².